The Labute approximate surface area is 347 Å². The van der Waals surface area contributed by atoms with Crippen LogP contribution in [0.2, 0.25) is 0 Å². The largest absolute Gasteiger partial charge is 0.481 e. The maximum absolute atomic E-state index is 12.7. The molecule has 2 amide bonds. The summed E-state index contributed by atoms with van der Waals surface area (Å²) in [6.07, 6.45) is -6.95. The monoisotopic (exact) mass is 937 g/mol. The lowest BCUT2D eigenvalue weighted by Crippen LogP contribution is -2.46. The molecule has 2 aliphatic heterocycles. The Morgan fingerprint density at radius 2 is 1.68 bits per heavy atom. The van der Waals surface area contributed by atoms with Crippen LogP contribution in [0.5, 0.6) is 0 Å². The van der Waals surface area contributed by atoms with Crippen LogP contribution in [0, 0.1) is 10.8 Å². The van der Waals surface area contributed by atoms with E-state index >= 15 is 0 Å². The van der Waals surface area contributed by atoms with Crippen LogP contribution >= 0.6 is 35.2 Å². The second-order valence-corrected chi connectivity index (χ2v) is 20.7. The van der Waals surface area contributed by atoms with Crippen molar-refractivity contribution in [2.24, 2.45) is 10.8 Å². The first-order valence-corrected chi connectivity index (χ1v) is 23.4. The summed E-state index contributed by atoms with van der Waals surface area (Å²) in [4.78, 5) is 88.3. The average molecular weight is 938 g/mol. The Kier molecular flexibility index (Phi) is 16.6. The molecule has 60 heavy (non-hydrogen) atoms. The minimum atomic E-state index is -5.58. The highest BCUT2D eigenvalue weighted by Crippen LogP contribution is 2.61. The first-order chi connectivity index (χ1) is 27.6. The third-order valence-corrected chi connectivity index (χ3v) is 12.7. The second kappa shape index (κ2) is 19.9. The van der Waals surface area contributed by atoms with Crippen molar-refractivity contribution in [2.45, 2.75) is 83.9 Å². The summed E-state index contributed by atoms with van der Waals surface area (Å²) < 4.78 is 73.7. The van der Waals surface area contributed by atoms with Crippen LogP contribution in [-0.2, 0) is 60.2 Å². The number of aliphatic hydroxyl groups is 2. The maximum atomic E-state index is 12.7. The molecule has 0 aliphatic carbocycles. The topological polar surface area (TPSA) is 382 Å². The van der Waals surface area contributed by atoms with Gasteiger partial charge in [-0.25, -0.2) is 28.6 Å². The van der Waals surface area contributed by atoms with Crippen LogP contribution in [0.25, 0.3) is 11.2 Å². The second-order valence-electron chi connectivity index (χ2n) is 15.3. The van der Waals surface area contributed by atoms with E-state index in [2.05, 4.69) is 34.4 Å². The molecular weight excluding hydrogens is 887 g/mol. The molecule has 10 N–H and O–H groups in total. The number of hydrogen-bond acceptors (Lipinski definition) is 20. The van der Waals surface area contributed by atoms with Crippen molar-refractivity contribution in [3.05, 3.63) is 12.7 Å². The highest BCUT2D eigenvalue weighted by Gasteiger charge is 2.50. The number of nitrogens with two attached hydrogens (primary N) is 1. The first-order valence-electron chi connectivity index (χ1n) is 17.9. The highest BCUT2D eigenvalue weighted by molar-refractivity contribution is 8.13. The van der Waals surface area contributed by atoms with Gasteiger partial charge in [0.05, 0.1) is 39.2 Å². The SMILES string of the molecule is CC1(C)COC(C)(CC(=O)SCCNC(=O)CCNC(=O)[C@H](O)C(C)(C)COP(=O)(O)OP(=O)(O)OC[C@H]2O[C@@H](n3cnc4c(N)ncnc43)[C@@H](O)[C@H]2OP(=O)(O)O)OC1. The number of nitrogens with one attached hydrogen (secondary N) is 2. The van der Waals surface area contributed by atoms with E-state index in [0.717, 1.165) is 29.0 Å². The van der Waals surface area contributed by atoms with E-state index in [4.69, 9.17) is 29.0 Å². The molecule has 0 bridgehead atoms. The number of phosphoric acid groups is 3. The van der Waals surface area contributed by atoms with E-state index in [9.17, 15) is 57.9 Å². The van der Waals surface area contributed by atoms with Gasteiger partial charge in [-0.2, -0.15) is 4.31 Å². The Bertz CT molecular complexity index is 1990. The number of ether oxygens (including phenoxy) is 3. The van der Waals surface area contributed by atoms with Crippen molar-refractivity contribution in [3.63, 3.8) is 0 Å². The average Bonchev–Trinajstić information content (AvgIpc) is 3.69. The molecule has 2 unspecified atom stereocenters. The number of thioether (sulfide) groups is 1. The molecule has 4 rings (SSSR count). The standard InChI is InChI=1S/C30H50N7O19P3S/c1-28(2)12-50-30(5,51-13-28)10-19(39)60-9-8-32-18(38)6-7-33-26(42)23(41)29(3,4)14-53-59(48,49)56-58(46,47)52-11-17-22(55-57(43,44)45)21(40)27(54-17)37-16-36-20-24(31)34-15-35-25(20)37/h15-17,21-23,27,40-41H,6-14H2,1-5H3,(H,32,38)(H,33,42)(H,46,47)(H,48,49)(H2,31,34,35)(H2,43,44,45)/t17-,21+,22+,23+,27-/m1/s1. The molecule has 2 aromatic heterocycles. The Morgan fingerprint density at radius 1 is 1.03 bits per heavy atom. The lowest BCUT2D eigenvalue weighted by molar-refractivity contribution is -0.287. The van der Waals surface area contributed by atoms with Gasteiger partial charge in [0, 0.05) is 36.1 Å². The van der Waals surface area contributed by atoms with Crippen molar-refractivity contribution in [1.82, 2.24) is 30.2 Å². The van der Waals surface area contributed by atoms with Gasteiger partial charge in [0.2, 0.25) is 11.8 Å². The Morgan fingerprint density at radius 3 is 2.33 bits per heavy atom. The number of nitrogen functional groups attached to an aromatic ring is 1. The van der Waals surface area contributed by atoms with E-state index in [1.165, 1.54) is 13.8 Å². The molecule has 0 spiro atoms. The van der Waals surface area contributed by atoms with Crippen molar-refractivity contribution < 1.29 is 90.0 Å². The van der Waals surface area contributed by atoms with Gasteiger partial charge in [-0.15, -0.1) is 0 Å². The van der Waals surface area contributed by atoms with Crippen LogP contribution in [-0.4, -0.2) is 142 Å². The molecule has 2 aromatic rings. The fourth-order valence-corrected chi connectivity index (χ4v) is 9.11. The summed E-state index contributed by atoms with van der Waals surface area (Å²) >= 11 is 1.00. The number of hydrogen-bond donors (Lipinski definition) is 9. The molecule has 2 fully saturated rings. The molecule has 0 aromatic carbocycles. The molecule has 340 valence electrons. The van der Waals surface area contributed by atoms with Crippen molar-refractivity contribution in [2.75, 3.05) is 51.0 Å². The van der Waals surface area contributed by atoms with Crippen molar-refractivity contribution >= 4 is 69.1 Å². The van der Waals surface area contributed by atoms with E-state index in [-0.39, 0.29) is 59.2 Å². The van der Waals surface area contributed by atoms with E-state index in [0.29, 0.717) is 13.2 Å². The summed E-state index contributed by atoms with van der Waals surface area (Å²) in [5, 5.41) is 26.3. The fraction of sp³-hybridized carbons (Fsp3) is 0.733. The predicted molar refractivity (Wildman–Crippen MR) is 206 cm³/mol. The first kappa shape index (κ1) is 50.1. The van der Waals surface area contributed by atoms with Gasteiger partial charge in [-0.05, 0) is 6.92 Å². The summed E-state index contributed by atoms with van der Waals surface area (Å²) in [5.74, 6) is -2.25. The fourth-order valence-electron chi connectivity index (χ4n) is 5.49. The molecule has 2 aliphatic rings. The lowest BCUT2D eigenvalue weighted by Gasteiger charge is -2.41. The molecule has 4 heterocycles. The molecule has 7 atom stereocenters. The van der Waals surface area contributed by atoms with Crippen LogP contribution in [0.15, 0.2) is 12.7 Å². The van der Waals surface area contributed by atoms with E-state index in [1.54, 1.807) is 6.92 Å². The summed E-state index contributed by atoms with van der Waals surface area (Å²) in [5.41, 5.74) is 4.09. The van der Waals surface area contributed by atoms with Gasteiger partial charge in [0.25, 0.3) is 0 Å². The number of imidazole rings is 1. The van der Waals surface area contributed by atoms with Crippen LogP contribution in [0.1, 0.15) is 53.7 Å². The van der Waals surface area contributed by atoms with Gasteiger partial charge >= 0.3 is 23.5 Å². The number of amides is 2. The Hall–Kier alpha value is -2.52. The van der Waals surface area contributed by atoms with Gasteiger partial charge < -0.3 is 60.4 Å². The van der Waals surface area contributed by atoms with Gasteiger partial charge in [0.1, 0.15) is 36.3 Å². The number of carbonyl (C=O) groups excluding carboxylic acids is 3. The predicted octanol–water partition coefficient (Wildman–Crippen LogP) is -0.156. The summed E-state index contributed by atoms with van der Waals surface area (Å²) in [6, 6.07) is 0. The summed E-state index contributed by atoms with van der Waals surface area (Å²) in [6.45, 7) is 6.95. The van der Waals surface area contributed by atoms with Gasteiger partial charge in [-0.3, -0.25) is 32.5 Å². The normalized spacial score (nSPS) is 24.3. The zero-order valence-corrected chi connectivity index (χ0v) is 36.5. The Balaban J connectivity index is 1.19. The smallest absolute Gasteiger partial charge is 0.386 e. The number of aliphatic hydroxyl groups excluding tert-OH is 2. The summed E-state index contributed by atoms with van der Waals surface area (Å²) in [7, 11) is -16.4. The third-order valence-electron chi connectivity index (χ3n) is 8.77. The molecule has 2 saturated heterocycles. The van der Waals surface area contributed by atoms with Crippen LogP contribution in [0.4, 0.5) is 5.82 Å². The molecule has 0 saturated carbocycles. The van der Waals surface area contributed by atoms with Crippen molar-refractivity contribution in [3.8, 4) is 0 Å². The minimum Gasteiger partial charge on any atom is -0.386 e. The molecule has 0 radical (unpaired) electrons. The minimum absolute atomic E-state index is 0.0271. The van der Waals surface area contributed by atoms with Gasteiger partial charge in [0.15, 0.2) is 28.6 Å². The van der Waals surface area contributed by atoms with Crippen molar-refractivity contribution in [1.29, 1.82) is 0 Å². The lowest BCUT2D eigenvalue weighted by atomic mass is 9.87. The number of aromatic nitrogens is 4. The van der Waals surface area contributed by atoms with E-state index in [1.807, 2.05) is 13.8 Å². The number of fused-ring (bicyclic) bond motifs is 1. The van der Waals surface area contributed by atoms with Crippen LogP contribution in [0.3, 0.4) is 0 Å². The molecule has 30 heteroatoms. The van der Waals surface area contributed by atoms with Gasteiger partial charge in [-0.1, -0.05) is 39.5 Å². The number of anilines is 1. The highest BCUT2D eigenvalue weighted by atomic mass is 32.2. The molecule has 26 nitrogen and oxygen atoms in total. The number of rotatable bonds is 21. The molecular formula is C30H50N7O19P3S. The number of nitrogens with zero attached hydrogens (tertiary/aromatic N) is 4. The third kappa shape index (κ3) is 14.5. The number of carbonyl (C=O) groups is 3. The van der Waals surface area contributed by atoms with Crippen LogP contribution < -0.4 is 16.4 Å². The zero-order chi connectivity index (χ0) is 44.9. The quantitative estimate of drug-likeness (QED) is 0.0580. The van der Waals surface area contributed by atoms with E-state index < -0.39 is 90.3 Å². The zero-order valence-electron chi connectivity index (χ0n) is 33.0. The maximum Gasteiger partial charge on any atom is 0.481 e. The number of phosphoric ester groups is 3.